The second-order valence-corrected chi connectivity index (χ2v) is 4.63. The number of rotatable bonds is 5. The molecular weight excluding hydrogens is 240 g/mol. The Balaban J connectivity index is 2.21. The van der Waals surface area contributed by atoms with Crippen LogP contribution >= 0.6 is 0 Å². The highest BCUT2D eigenvalue weighted by molar-refractivity contribution is 5.38. The van der Waals surface area contributed by atoms with E-state index in [-0.39, 0.29) is 6.04 Å². The van der Waals surface area contributed by atoms with Crippen LogP contribution in [0.1, 0.15) is 22.9 Å². The molecule has 1 aromatic heterocycles. The SMILES string of the molecule is COc1cc(C(Cc2ccn(C)n2)NN)ccc1C. The lowest BCUT2D eigenvalue weighted by molar-refractivity contribution is 0.409. The lowest BCUT2D eigenvalue weighted by atomic mass is 10.0. The number of nitrogens with two attached hydrogens (primary N) is 1. The number of nitrogens with zero attached hydrogens (tertiary/aromatic N) is 2. The molecule has 0 fully saturated rings. The molecule has 1 aromatic carbocycles. The Kier molecular flexibility index (Phi) is 4.19. The van der Waals surface area contributed by atoms with E-state index >= 15 is 0 Å². The average molecular weight is 260 g/mol. The zero-order valence-corrected chi connectivity index (χ0v) is 11.6. The Morgan fingerprint density at radius 1 is 1.42 bits per heavy atom. The molecule has 3 N–H and O–H groups in total. The van der Waals surface area contributed by atoms with Crippen LogP contribution in [-0.2, 0) is 13.5 Å². The number of aromatic nitrogens is 2. The fourth-order valence-corrected chi connectivity index (χ4v) is 2.11. The molecule has 2 aromatic rings. The maximum Gasteiger partial charge on any atom is 0.122 e. The molecule has 0 saturated heterocycles. The molecule has 102 valence electrons. The van der Waals surface area contributed by atoms with Gasteiger partial charge in [-0.05, 0) is 30.2 Å². The minimum Gasteiger partial charge on any atom is -0.496 e. The van der Waals surface area contributed by atoms with Gasteiger partial charge >= 0.3 is 0 Å². The van der Waals surface area contributed by atoms with Crippen molar-refractivity contribution in [3.05, 3.63) is 47.3 Å². The third kappa shape index (κ3) is 3.13. The molecule has 0 aliphatic rings. The lowest BCUT2D eigenvalue weighted by Gasteiger charge is -2.17. The first-order chi connectivity index (χ1) is 9.13. The van der Waals surface area contributed by atoms with Gasteiger partial charge in [-0.25, -0.2) is 0 Å². The molecule has 0 aliphatic heterocycles. The first kappa shape index (κ1) is 13.6. The van der Waals surface area contributed by atoms with Gasteiger partial charge < -0.3 is 4.74 Å². The lowest BCUT2D eigenvalue weighted by Crippen LogP contribution is -2.29. The summed E-state index contributed by atoms with van der Waals surface area (Å²) in [6.07, 6.45) is 2.67. The second kappa shape index (κ2) is 5.86. The van der Waals surface area contributed by atoms with Crippen molar-refractivity contribution >= 4 is 0 Å². The molecule has 0 aliphatic carbocycles. The van der Waals surface area contributed by atoms with Crippen LogP contribution in [-0.4, -0.2) is 16.9 Å². The minimum atomic E-state index is 0.0180. The number of benzene rings is 1. The highest BCUT2D eigenvalue weighted by atomic mass is 16.5. The Hall–Kier alpha value is -1.85. The molecule has 0 spiro atoms. The monoisotopic (exact) mass is 260 g/mol. The molecule has 0 radical (unpaired) electrons. The molecular formula is C14H20N4O. The summed E-state index contributed by atoms with van der Waals surface area (Å²) in [4.78, 5) is 0. The van der Waals surface area contributed by atoms with Crippen LogP contribution in [0, 0.1) is 6.92 Å². The van der Waals surface area contributed by atoms with Crippen molar-refractivity contribution in [1.29, 1.82) is 0 Å². The smallest absolute Gasteiger partial charge is 0.122 e. The van der Waals surface area contributed by atoms with Crippen molar-refractivity contribution in [1.82, 2.24) is 15.2 Å². The van der Waals surface area contributed by atoms with Gasteiger partial charge in [0.25, 0.3) is 0 Å². The Labute approximate surface area is 113 Å². The summed E-state index contributed by atoms with van der Waals surface area (Å²) >= 11 is 0. The third-order valence-electron chi connectivity index (χ3n) is 3.22. The van der Waals surface area contributed by atoms with Crippen LogP contribution in [0.3, 0.4) is 0 Å². The predicted molar refractivity (Wildman–Crippen MR) is 74.7 cm³/mol. The van der Waals surface area contributed by atoms with Crippen LogP contribution in [0.2, 0.25) is 0 Å². The predicted octanol–water partition coefficient (Wildman–Crippen LogP) is 1.48. The maximum absolute atomic E-state index is 5.66. The molecule has 5 heteroatoms. The van der Waals surface area contributed by atoms with E-state index in [0.29, 0.717) is 0 Å². The van der Waals surface area contributed by atoms with Crippen LogP contribution in [0.5, 0.6) is 5.75 Å². The summed E-state index contributed by atoms with van der Waals surface area (Å²) in [6, 6.07) is 8.13. The second-order valence-electron chi connectivity index (χ2n) is 4.63. The molecule has 19 heavy (non-hydrogen) atoms. The van der Waals surface area contributed by atoms with E-state index < -0.39 is 0 Å². The van der Waals surface area contributed by atoms with Crippen LogP contribution in [0.25, 0.3) is 0 Å². The molecule has 5 nitrogen and oxygen atoms in total. The van der Waals surface area contributed by atoms with Crippen molar-refractivity contribution < 1.29 is 4.74 Å². The van der Waals surface area contributed by atoms with Gasteiger partial charge in [0.15, 0.2) is 0 Å². The van der Waals surface area contributed by atoms with Crippen LogP contribution in [0.15, 0.2) is 30.5 Å². The van der Waals surface area contributed by atoms with Crippen molar-refractivity contribution in [2.75, 3.05) is 7.11 Å². The van der Waals surface area contributed by atoms with E-state index in [1.807, 2.05) is 38.4 Å². The molecule has 0 amide bonds. The van der Waals surface area contributed by atoms with Crippen molar-refractivity contribution in [3.63, 3.8) is 0 Å². The summed E-state index contributed by atoms with van der Waals surface area (Å²) in [5.41, 5.74) is 6.05. The molecule has 0 bridgehead atoms. The summed E-state index contributed by atoms with van der Waals surface area (Å²) in [7, 11) is 3.58. The van der Waals surface area contributed by atoms with Gasteiger partial charge in [0.1, 0.15) is 5.75 Å². The molecule has 1 heterocycles. The van der Waals surface area contributed by atoms with E-state index in [0.717, 1.165) is 29.0 Å². The molecule has 0 saturated carbocycles. The quantitative estimate of drug-likeness (QED) is 0.631. The normalized spacial score (nSPS) is 12.4. The molecule has 1 unspecified atom stereocenters. The van der Waals surface area contributed by atoms with E-state index in [1.54, 1.807) is 11.8 Å². The Morgan fingerprint density at radius 2 is 2.21 bits per heavy atom. The highest BCUT2D eigenvalue weighted by Gasteiger charge is 2.13. The third-order valence-corrected chi connectivity index (χ3v) is 3.22. The van der Waals surface area contributed by atoms with Gasteiger partial charge in [-0.2, -0.15) is 5.10 Å². The molecule has 2 rings (SSSR count). The summed E-state index contributed by atoms with van der Waals surface area (Å²) in [6.45, 7) is 2.02. The standard InChI is InChI=1S/C14H20N4O/c1-10-4-5-11(8-14(10)19-3)13(16-15)9-12-6-7-18(2)17-12/h4-8,13,16H,9,15H2,1-3H3. The number of hydrogen-bond acceptors (Lipinski definition) is 4. The van der Waals surface area contributed by atoms with E-state index in [1.165, 1.54) is 0 Å². The van der Waals surface area contributed by atoms with Crippen LogP contribution in [0.4, 0.5) is 0 Å². The fraction of sp³-hybridized carbons (Fsp3) is 0.357. The number of methoxy groups -OCH3 is 1. The number of aryl methyl sites for hydroxylation is 2. The van der Waals surface area contributed by atoms with Gasteiger partial charge in [0, 0.05) is 19.7 Å². The zero-order chi connectivity index (χ0) is 13.8. The van der Waals surface area contributed by atoms with Gasteiger partial charge in [-0.1, -0.05) is 12.1 Å². The topological polar surface area (TPSA) is 65.1 Å². The van der Waals surface area contributed by atoms with Gasteiger partial charge in [0.2, 0.25) is 0 Å². The number of hydrazine groups is 1. The largest absolute Gasteiger partial charge is 0.496 e. The number of ether oxygens (including phenoxy) is 1. The summed E-state index contributed by atoms with van der Waals surface area (Å²) in [5, 5.41) is 4.37. The first-order valence-corrected chi connectivity index (χ1v) is 6.23. The number of nitrogens with one attached hydrogen (secondary N) is 1. The Bertz CT molecular complexity index is 550. The summed E-state index contributed by atoms with van der Waals surface area (Å²) < 4.78 is 7.14. The first-order valence-electron chi connectivity index (χ1n) is 6.23. The average Bonchev–Trinajstić information content (AvgIpc) is 2.82. The summed E-state index contributed by atoms with van der Waals surface area (Å²) in [5.74, 6) is 6.54. The van der Waals surface area contributed by atoms with E-state index in [2.05, 4.69) is 16.6 Å². The molecule has 1 atom stereocenters. The van der Waals surface area contributed by atoms with Gasteiger partial charge in [-0.15, -0.1) is 0 Å². The number of hydrogen-bond donors (Lipinski definition) is 2. The Morgan fingerprint density at radius 3 is 2.79 bits per heavy atom. The fourth-order valence-electron chi connectivity index (χ4n) is 2.11. The van der Waals surface area contributed by atoms with E-state index in [9.17, 15) is 0 Å². The maximum atomic E-state index is 5.66. The van der Waals surface area contributed by atoms with Crippen LogP contribution < -0.4 is 16.0 Å². The van der Waals surface area contributed by atoms with Crippen molar-refractivity contribution in [2.45, 2.75) is 19.4 Å². The van der Waals surface area contributed by atoms with Crippen molar-refractivity contribution in [3.8, 4) is 5.75 Å². The van der Waals surface area contributed by atoms with Gasteiger partial charge in [0.05, 0.1) is 18.8 Å². The zero-order valence-electron chi connectivity index (χ0n) is 11.6. The van der Waals surface area contributed by atoms with E-state index in [4.69, 9.17) is 10.6 Å². The van der Waals surface area contributed by atoms with Gasteiger partial charge in [-0.3, -0.25) is 16.0 Å². The minimum absolute atomic E-state index is 0.0180. The highest BCUT2D eigenvalue weighted by Crippen LogP contribution is 2.24. The van der Waals surface area contributed by atoms with Crippen molar-refractivity contribution in [2.24, 2.45) is 12.9 Å².